The zero-order chi connectivity index (χ0) is 13.9. The van der Waals surface area contributed by atoms with Crippen LogP contribution < -0.4 is 10.5 Å². The quantitative estimate of drug-likeness (QED) is 0.928. The predicted molar refractivity (Wildman–Crippen MR) is 78.6 cm³/mol. The first-order valence-corrected chi connectivity index (χ1v) is 6.84. The average Bonchev–Trinajstić information content (AvgIpc) is 2.94. The molecule has 0 saturated heterocycles. The topological polar surface area (TPSA) is 44.5 Å². The Kier molecular flexibility index (Phi) is 3.72. The maximum absolute atomic E-state index is 6.33. The lowest BCUT2D eigenvalue weighted by atomic mass is 9.96. The van der Waals surface area contributed by atoms with E-state index in [0.29, 0.717) is 6.61 Å². The standard InChI is InChI=1S/C17H19NO2/c1-19-16-4-2-3-12(7-16)8-17(18)13-5-6-14-10-20-11-15(14)9-13/h2-7,9,17H,8,10-11,18H2,1H3. The Balaban J connectivity index is 1.77. The van der Waals surface area contributed by atoms with Crippen LogP contribution in [0.5, 0.6) is 5.75 Å². The lowest BCUT2D eigenvalue weighted by Crippen LogP contribution is -2.13. The smallest absolute Gasteiger partial charge is 0.119 e. The molecular weight excluding hydrogens is 250 g/mol. The van der Waals surface area contributed by atoms with E-state index < -0.39 is 0 Å². The van der Waals surface area contributed by atoms with Crippen LogP contribution in [0, 0.1) is 0 Å². The second-order valence-corrected chi connectivity index (χ2v) is 5.18. The summed E-state index contributed by atoms with van der Waals surface area (Å²) >= 11 is 0. The third kappa shape index (κ3) is 2.69. The van der Waals surface area contributed by atoms with Gasteiger partial charge in [0.15, 0.2) is 0 Å². The molecule has 1 aliphatic rings. The summed E-state index contributed by atoms with van der Waals surface area (Å²) in [6.07, 6.45) is 0.802. The largest absolute Gasteiger partial charge is 0.497 e. The molecule has 0 spiro atoms. The van der Waals surface area contributed by atoms with Crippen molar-refractivity contribution in [2.45, 2.75) is 25.7 Å². The average molecular weight is 269 g/mol. The van der Waals surface area contributed by atoms with Crippen LogP contribution in [-0.4, -0.2) is 7.11 Å². The Bertz CT molecular complexity index is 610. The van der Waals surface area contributed by atoms with E-state index >= 15 is 0 Å². The van der Waals surface area contributed by atoms with Crippen LogP contribution in [0.25, 0.3) is 0 Å². The summed E-state index contributed by atoms with van der Waals surface area (Å²) in [5.74, 6) is 0.872. The van der Waals surface area contributed by atoms with Gasteiger partial charge in [0.2, 0.25) is 0 Å². The minimum absolute atomic E-state index is 0.00648. The summed E-state index contributed by atoms with van der Waals surface area (Å²) in [5, 5.41) is 0. The molecule has 0 aromatic heterocycles. The molecule has 1 unspecified atom stereocenters. The van der Waals surface area contributed by atoms with Crippen LogP contribution in [0.1, 0.15) is 28.3 Å². The van der Waals surface area contributed by atoms with Crippen molar-refractivity contribution in [3.8, 4) is 5.75 Å². The van der Waals surface area contributed by atoms with Gasteiger partial charge in [-0.2, -0.15) is 0 Å². The van der Waals surface area contributed by atoms with Crippen LogP contribution in [0.3, 0.4) is 0 Å². The molecule has 2 aromatic carbocycles. The number of nitrogens with two attached hydrogens (primary N) is 1. The molecule has 20 heavy (non-hydrogen) atoms. The first-order valence-electron chi connectivity index (χ1n) is 6.84. The maximum atomic E-state index is 6.33. The number of hydrogen-bond acceptors (Lipinski definition) is 3. The number of fused-ring (bicyclic) bond motifs is 1. The van der Waals surface area contributed by atoms with E-state index in [9.17, 15) is 0 Å². The molecule has 1 heterocycles. The Hall–Kier alpha value is -1.84. The molecule has 0 bridgehead atoms. The first kappa shape index (κ1) is 13.2. The SMILES string of the molecule is COc1cccc(CC(N)c2ccc3c(c2)COC3)c1. The molecule has 0 fully saturated rings. The zero-order valence-electron chi connectivity index (χ0n) is 11.6. The summed E-state index contributed by atoms with van der Waals surface area (Å²) in [5.41, 5.74) is 11.2. The lowest BCUT2D eigenvalue weighted by Gasteiger charge is -2.14. The summed E-state index contributed by atoms with van der Waals surface area (Å²) in [6.45, 7) is 1.43. The van der Waals surface area contributed by atoms with Gasteiger partial charge in [0.1, 0.15) is 5.75 Å². The molecule has 1 aliphatic heterocycles. The normalized spacial score (nSPS) is 14.9. The number of methoxy groups -OCH3 is 1. The van der Waals surface area contributed by atoms with E-state index in [0.717, 1.165) is 24.3 Å². The van der Waals surface area contributed by atoms with Gasteiger partial charge in [0.05, 0.1) is 20.3 Å². The first-order chi connectivity index (χ1) is 9.76. The fraction of sp³-hybridized carbons (Fsp3) is 0.294. The second kappa shape index (κ2) is 5.65. The molecule has 0 saturated carbocycles. The van der Waals surface area contributed by atoms with Crippen molar-refractivity contribution in [3.05, 3.63) is 64.7 Å². The van der Waals surface area contributed by atoms with Crippen LogP contribution in [-0.2, 0) is 24.4 Å². The van der Waals surface area contributed by atoms with Gasteiger partial charge in [0.25, 0.3) is 0 Å². The molecule has 3 nitrogen and oxygen atoms in total. The van der Waals surface area contributed by atoms with E-state index in [-0.39, 0.29) is 6.04 Å². The maximum Gasteiger partial charge on any atom is 0.119 e. The van der Waals surface area contributed by atoms with Crippen molar-refractivity contribution in [2.24, 2.45) is 5.73 Å². The minimum atomic E-state index is -0.00648. The third-order valence-corrected chi connectivity index (χ3v) is 3.76. The van der Waals surface area contributed by atoms with Crippen molar-refractivity contribution in [1.82, 2.24) is 0 Å². The number of benzene rings is 2. The summed E-state index contributed by atoms with van der Waals surface area (Å²) in [6, 6.07) is 14.5. The van der Waals surface area contributed by atoms with Crippen molar-refractivity contribution >= 4 is 0 Å². The van der Waals surface area contributed by atoms with Crippen LogP contribution in [0.15, 0.2) is 42.5 Å². The van der Waals surface area contributed by atoms with E-state index in [1.54, 1.807) is 7.11 Å². The number of hydrogen-bond donors (Lipinski definition) is 1. The molecule has 3 heteroatoms. The highest BCUT2D eigenvalue weighted by atomic mass is 16.5. The molecule has 2 aromatic rings. The van der Waals surface area contributed by atoms with E-state index in [4.69, 9.17) is 15.2 Å². The van der Waals surface area contributed by atoms with Gasteiger partial charge in [-0.15, -0.1) is 0 Å². The lowest BCUT2D eigenvalue weighted by molar-refractivity contribution is 0.134. The van der Waals surface area contributed by atoms with Crippen LogP contribution >= 0.6 is 0 Å². The number of rotatable bonds is 4. The molecule has 2 N–H and O–H groups in total. The highest BCUT2D eigenvalue weighted by molar-refractivity contribution is 5.36. The van der Waals surface area contributed by atoms with Gasteiger partial charge in [-0.25, -0.2) is 0 Å². The monoisotopic (exact) mass is 269 g/mol. The second-order valence-electron chi connectivity index (χ2n) is 5.18. The van der Waals surface area contributed by atoms with Gasteiger partial charge >= 0.3 is 0 Å². The Morgan fingerprint density at radius 1 is 1.15 bits per heavy atom. The van der Waals surface area contributed by atoms with Crippen molar-refractivity contribution in [2.75, 3.05) is 7.11 Å². The van der Waals surface area contributed by atoms with Crippen LogP contribution in [0.2, 0.25) is 0 Å². The summed E-state index contributed by atoms with van der Waals surface area (Å²) in [4.78, 5) is 0. The predicted octanol–water partition coefficient (Wildman–Crippen LogP) is 2.97. The van der Waals surface area contributed by atoms with Gasteiger partial charge in [0, 0.05) is 6.04 Å². The molecule has 0 radical (unpaired) electrons. The Morgan fingerprint density at radius 3 is 2.85 bits per heavy atom. The molecule has 1 atom stereocenters. The van der Waals surface area contributed by atoms with Crippen molar-refractivity contribution < 1.29 is 9.47 Å². The van der Waals surface area contributed by atoms with Gasteiger partial charge in [-0.05, 0) is 40.8 Å². The molecular formula is C17H19NO2. The minimum Gasteiger partial charge on any atom is -0.497 e. The third-order valence-electron chi connectivity index (χ3n) is 3.76. The van der Waals surface area contributed by atoms with E-state index in [2.05, 4.69) is 24.3 Å². The van der Waals surface area contributed by atoms with Crippen molar-refractivity contribution in [3.63, 3.8) is 0 Å². The number of ether oxygens (including phenoxy) is 2. The Morgan fingerprint density at radius 2 is 2.00 bits per heavy atom. The van der Waals surface area contributed by atoms with Gasteiger partial charge < -0.3 is 15.2 Å². The Labute approximate surface area is 119 Å². The molecule has 3 rings (SSSR count). The highest BCUT2D eigenvalue weighted by Gasteiger charge is 2.14. The summed E-state index contributed by atoms with van der Waals surface area (Å²) in [7, 11) is 1.68. The van der Waals surface area contributed by atoms with E-state index in [1.807, 2.05) is 18.2 Å². The molecule has 0 amide bonds. The summed E-state index contributed by atoms with van der Waals surface area (Å²) < 4.78 is 10.7. The van der Waals surface area contributed by atoms with Crippen LogP contribution in [0.4, 0.5) is 0 Å². The van der Waals surface area contributed by atoms with Gasteiger partial charge in [-0.3, -0.25) is 0 Å². The van der Waals surface area contributed by atoms with E-state index in [1.165, 1.54) is 16.7 Å². The van der Waals surface area contributed by atoms with Crippen molar-refractivity contribution in [1.29, 1.82) is 0 Å². The highest BCUT2D eigenvalue weighted by Crippen LogP contribution is 2.25. The van der Waals surface area contributed by atoms with Gasteiger partial charge in [-0.1, -0.05) is 30.3 Å². The zero-order valence-corrected chi connectivity index (χ0v) is 11.6. The molecule has 104 valence electrons. The molecule has 0 aliphatic carbocycles. The fourth-order valence-electron chi connectivity index (χ4n) is 2.59. The fourth-order valence-corrected chi connectivity index (χ4v) is 2.59.